The molecule has 30 valence electrons. The van der Waals surface area contributed by atoms with Crippen LogP contribution in [0, 0.1) is 0 Å². The average Bonchev–Trinajstić information content (AvgIpc) is 1.38. The summed E-state index contributed by atoms with van der Waals surface area (Å²) in [6.45, 7) is 1.47. The summed E-state index contributed by atoms with van der Waals surface area (Å²) < 4.78 is 0. The van der Waals surface area contributed by atoms with Crippen LogP contribution in [0.2, 0.25) is 0 Å². The number of thiol groups is 1. The second-order valence-corrected chi connectivity index (χ2v) is 1.89. The molecule has 0 rings (SSSR count). The van der Waals surface area contributed by atoms with Crippen molar-refractivity contribution < 1.29 is 4.79 Å². The first-order valence-corrected chi connectivity index (χ1v) is 2.96. The molecule has 0 saturated heterocycles. The monoisotopic (exact) mass is 108 g/mol. The Morgan fingerprint density at radius 1 is 2.00 bits per heavy atom. The van der Waals surface area contributed by atoms with Crippen molar-refractivity contribution in [3.8, 4) is 0 Å². The zero-order valence-electron chi connectivity index (χ0n) is 2.76. The summed E-state index contributed by atoms with van der Waals surface area (Å²) in [5.41, 5.74) is 0. The summed E-state index contributed by atoms with van der Waals surface area (Å²) in [5.74, 6) is 0. The second kappa shape index (κ2) is 2.60. The third kappa shape index (κ3) is 4.37. The van der Waals surface area contributed by atoms with Crippen LogP contribution in [-0.4, -0.2) is 5.12 Å². The van der Waals surface area contributed by atoms with E-state index in [0.717, 1.165) is 10.8 Å². The first-order valence-electron chi connectivity index (χ1n) is 1.09. The highest BCUT2D eigenvalue weighted by atomic mass is 33.1. The van der Waals surface area contributed by atoms with Crippen LogP contribution in [0.5, 0.6) is 0 Å². The van der Waals surface area contributed by atoms with Crippen molar-refractivity contribution in [2.45, 2.75) is 6.92 Å². The molecule has 0 amide bonds. The molecular weight excluding hydrogens is 104 g/mol. The maximum absolute atomic E-state index is 9.70. The minimum absolute atomic E-state index is 0.0355. The lowest BCUT2D eigenvalue weighted by molar-refractivity contribution is -0.109. The van der Waals surface area contributed by atoms with Gasteiger partial charge in [0.1, 0.15) is 0 Å². The molecule has 0 N–H and O–H groups in total. The number of carbonyl (C=O) groups is 1. The quantitative estimate of drug-likeness (QED) is 0.370. The van der Waals surface area contributed by atoms with Gasteiger partial charge >= 0.3 is 0 Å². The highest BCUT2D eigenvalue weighted by Crippen LogP contribution is 2.03. The van der Waals surface area contributed by atoms with Gasteiger partial charge in [-0.1, -0.05) is 0 Å². The molecule has 0 aliphatic rings. The predicted molar refractivity (Wildman–Crippen MR) is 27.3 cm³/mol. The number of hydrogen-bond donors (Lipinski definition) is 1. The first-order chi connectivity index (χ1) is 2.27. The van der Waals surface area contributed by atoms with E-state index in [2.05, 4.69) is 11.7 Å². The molecule has 0 unspecified atom stereocenters. The Hall–Kier alpha value is 0.370. The number of hydrogen-bond acceptors (Lipinski definition) is 3. The van der Waals surface area contributed by atoms with Crippen LogP contribution in [0.25, 0.3) is 0 Å². The molecule has 0 atom stereocenters. The highest BCUT2D eigenvalue weighted by Gasteiger charge is 1.78. The smallest absolute Gasteiger partial charge is 0.196 e. The Balaban J connectivity index is 2.85. The lowest BCUT2D eigenvalue weighted by atomic mass is 10.9. The molecule has 0 bridgehead atoms. The van der Waals surface area contributed by atoms with Crippen molar-refractivity contribution >= 4 is 27.6 Å². The van der Waals surface area contributed by atoms with E-state index >= 15 is 0 Å². The maximum Gasteiger partial charge on any atom is 0.196 e. The van der Waals surface area contributed by atoms with Crippen LogP contribution in [0.15, 0.2) is 0 Å². The topological polar surface area (TPSA) is 17.1 Å². The highest BCUT2D eigenvalue weighted by molar-refractivity contribution is 8.74. The summed E-state index contributed by atoms with van der Waals surface area (Å²) >= 11 is 3.58. The van der Waals surface area contributed by atoms with Gasteiger partial charge in [-0.05, 0) is 10.8 Å². The van der Waals surface area contributed by atoms with E-state index in [0.29, 0.717) is 0 Å². The van der Waals surface area contributed by atoms with E-state index < -0.39 is 0 Å². The molecule has 0 heterocycles. The van der Waals surface area contributed by atoms with Crippen molar-refractivity contribution in [3.63, 3.8) is 0 Å². The van der Waals surface area contributed by atoms with Crippen molar-refractivity contribution in [1.29, 1.82) is 0 Å². The van der Waals surface area contributed by atoms with Gasteiger partial charge in [0.05, 0.1) is 0 Å². The minimum atomic E-state index is 0.0355. The fraction of sp³-hybridized carbons (Fsp3) is 0.500. The summed E-state index contributed by atoms with van der Waals surface area (Å²) in [5, 5.41) is 0.0355. The number of rotatable bonds is 0. The molecule has 5 heavy (non-hydrogen) atoms. The Labute approximate surface area is 39.9 Å². The van der Waals surface area contributed by atoms with Crippen LogP contribution < -0.4 is 0 Å². The van der Waals surface area contributed by atoms with Gasteiger partial charge in [-0.15, -0.1) is 11.7 Å². The van der Waals surface area contributed by atoms with Gasteiger partial charge in [0.25, 0.3) is 0 Å². The zero-order chi connectivity index (χ0) is 4.28. The summed E-state index contributed by atoms with van der Waals surface area (Å²) in [6.07, 6.45) is 0. The standard InChI is InChI=1S/C2H4OS2/c1-2(3)5-4/h4H,1H3. The predicted octanol–water partition coefficient (Wildman–Crippen LogP) is 1.11. The molecule has 0 aromatic carbocycles. The first kappa shape index (κ1) is 5.37. The summed E-state index contributed by atoms with van der Waals surface area (Å²) in [4.78, 5) is 9.70. The Kier molecular flexibility index (Phi) is 2.79. The second-order valence-electron chi connectivity index (χ2n) is 0.583. The van der Waals surface area contributed by atoms with Gasteiger partial charge in [0.2, 0.25) is 0 Å². The van der Waals surface area contributed by atoms with Gasteiger partial charge in [0.15, 0.2) is 5.12 Å². The third-order valence-corrected chi connectivity index (χ3v) is 1.16. The molecular formula is C2H4OS2. The normalized spacial score (nSPS) is 7.60. The lowest BCUT2D eigenvalue weighted by Crippen LogP contribution is -1.68. The van der Waals surface area contributed by atoms with E-state index in [1.165, 1.54) is 6.92 Å². The van der Waals surface area contributed by atoms with Crippen LogP contribution in [0.1, 0.15) is 6.92 Å². The van der Waals surface area contributed by atoms with Crippen molar-refractivity contribution in [3.05, 3.63) is 0 Å². The zero-order valence-corrected chi connectivity index (χ0v) is 4.47. The van der Waals surface area contributed by atoms with E-state index in [9.17, 15) is 4.79 Å². The van der Waals surface area contributed by atoms with Crippen LogP contribution >= 0.6 is 22.5 Å². The van der Waals surface area contributed by atoms with Gasteiger partial charge < -0.3 is 0 Å². The van der Waals surface area contributed by atoms with Gasteiger partial charge in [-0.25, -0.2) is 0 Å². The molecule has 0 spiro atoms. The Morgan fingerprint density at radius 2 is 2.20 bits per heavy atom. The van der Waals surface area contributed by atoms with Crippen molar-refractivity contribution in [2.75, 3.05) is 0 Å². The minimum Gasteiger partial charge on any atom is -0.287 e. The Bertz CT molecular complexity index is 42.9. The summed E-state index contributed by atoms with van der Waals surface area (Å²) in [6, 6.07) is 0. The van der Waals surface area contributed by atoms with E-state index in [1.807, 2.05) is 0 Å². The lowest BCUT2D eigenvalue weighted by Gasteiger charge is -1.70. The van der Waals surface area contributed by atoms with Gasteiger partial charge in [-0.2, -0.15) is 0 Å². The molecule has 0 aliphatic heterocycles. The average molecular weight is 108 g/mol. The molecule has 0 aromatic heterocycles. The van der Waals surface area contributed by atoms with E-state index in [-0.39, 0.29) is 5.12 Å². The number of carbonyl (C=O) groups excluding carboxylic acids is 1. The van der Waals surface area contributed by atoms with Gasteiger partial charge in [0, 0.05) is 6.92 Å². The fourth-order valence-electron chi connectivity index (χ4n) is 0. The van der Waals surface area contributed by atoms with Crippen LogP contribution in [-0.2, 0) is 4.79 Å². The molecule has 0 saturated carbocycles. The third-order valence-electron chi connectivity index (χ3n) is 0.129. The van der Waals surface area contributed by atoms with E-state index in [1.54, 1.807) is 0 Å². The fourth-order valence-corrected chi connectivity index (χ4v) is 0. The Morgan fingerprint density at radius 3 is 2.20 bits per heavy atom. The molecule has 0 aliphatic carbocycles. The maximum atomic E-state index is 9.70. The van der Waals surface area contributed by atoms with Crippen molar-refractivity contribution in [2.24, 2.45) is 0 Å². The van der Waals surface area contributed by atoms with E-state index in [4.69, 9.17) is 0 Å². The molecule has 0 aromatic rings. The van der Waals surface area contributed by atoms with Crippen LogP contribution in [0.4, 0.5) is 0 Å². The van der Waals surface area contributed by atoms with Gasteiger partial charge in [-0.3, -0.25) is 4.79 Å². The van der Waals surface area contributed by atoms with Crippen molar-refractivity contribution in [1.82, 2.24) is 0 Å². The SMILES string of the molecule is CC(=O)SS. The largest absolute Gasteiger partial charge is 0.287 e. The molecule has 3 heteroatoms. The molecule has 1 nitrogen and oxygen atoms in total. The molecule has 0 fully saturated rings. The summed E-state index contributed by atoms with van der Waals surface area (Å²) in [7, 11) is 0.935. The molecule has 0 radical (unpaired) electrons. The van der Waals surface area contributed by atoms with Crippen LogP contribution in [0.3, 0.4) is 0 Å².